The number of hydrogen-bond donors (Lipinski definition) is 1. The Kier molecular flexibility index (Phi) is 5.49. The van der Waals surface area contributed by atoms with E-state index in [-0.39, 0.29) is 0 Å². The molecule has 0 atom stereocenters. The third kappa shape index (κ3) is 3.84. The normalized spacial score (nSPS) is 21.0. The highest BCUT2D eigenvalue weighted by Gasteiger charge is 2.13. The minimum Gasteiger partial charge on any atom is -0.276 e. The Balaban J connectivity index is 2.03. The number of hydrogen-bond acceptors (Lipinski definition) is 2. The van der Waals surface area contributed by atoms with E-state index in [0.717, 1.165) is 39.4 Å². The molecule has 0 amide bonds. The average Bonchev–Trinajstić information content (AvgIpc) is 3.08. The van der Waals surface area contributed by atoms with Gasteiger partial charge in [0.15, 0.2) is 0 Å². The third-order valence-electron chi connectivity index (χ3n) is 4.01. The van der Waals surface area contributed by atoms with Crippen LogP contribution in [0.25, 0.3) is 17.0 Å². The van der Waals surface area contributed by atoms with Crippen molar-refractivity contribution in [2.75, 3.05) is 0 Å². The van der Waals surface area contributed by atoms with Crippen molar-refractivity contribution in [2.45, 2.75) is 13.8 Å². The van der Waals surface area contributed by atoms with Crippen LogP contribution in [0.5, 0.6) is 0 Å². The van der Waals surface area contributed by atoms with Crippen molar-refractivity contribution < 1.29 is 0 Å². The van der Waals surface area contributed by atoms with Gasteiger partial charge in [0.2, 0.25) is 0 Å². The van der Waals surface area contributed by atoms with E-state index in [0.29, 0.717) is 5.03 Å². The fourth-order valence-corrected chi connectivity index (χ4v) is 3.03. The maximum atomic E-state index is 6.34. The standard InChI is InChI=1S/C22H20ClN3/c1-4-7-20(23)18-10-6-9-17(13-12-15(18)2)19-14-24-26-22(19)21-11-5-8-16(3)25-21/h4-14H,2H2,1,3H3,(H,24,26)/b7-4-,10-6+,13-12-,17-9-,20-18+. The molecule has 0 fully saturated rings. The van der Waals surface area contributed by atoms with Crippen LogP contribution in [0.4, 0.5) is 0 Å². The van der Waals surface area contributed by atoms with Gasteiger partial charge in [0.25, 0.3) is 0 Å². The lowest BCUT2D eigenvalue weighted by Crippen LogP contribution is -1.92. The van der Waals surface area contributed by atoms with Crippen LogP contribution in [0.15, 0.2) is 89.7 Å². The van der Waals surface area contributed by atoms with E-state index in [9.17, 15) is 0 Å². The molecule has 2 aromatic heterocycles. The van der Waals surface area contributed by atoms with E-state index in [1.165, 1.54) is 0 Å². The van der Waals surface area contributed by atoms with Crippen LogP contribution in [0.2, 0.25) is 0 Å². The molecule has 0 saturated carbocycles. The number of pyridine rings is 1. The van der Waals surface area contributed by atoms with Gasteiger partial charge in [-0.25, -0.2) is 0 Å². The van der Waals surface area contributed by atoms with Gasteiger partial charge in [-0.15, -0.1) is 0 Å². The van der Waals surface area contributed by atoms with Crippen LogP contribution in [-0.2, 0) is 0 Å². The second-order valence-electron chi connectivity index (χ2n) is 5.92. The SMILES string of the molecule is C=C1\C=C/C(c2cn[nH]c2-c2cccc(C)n2)=C/C=C/C1=C(Cl)/C=C\C. The molecule has 0 unspecified atom stereocenters. The molecule has 0 radical (unpaired) electrons. The van der Waals surface area contributed by atoms with Crippen molar-refractivity contribution in [3.8, 4) is 11.4 Å². The molecule has 4 heteroatoms. The first-order chi connectivity index (χ1) is 12.6. The quantitative estimate of drug-likeness (QED) is 0.737. The highest BCUT2D eigenvalue weighted by atomic mass is 35.5. The van der Waals surface area contributed by atoms with Crippen molar-refractivity contribution >= 4 is 17.2 Å². The van der Waals surface area contributed by atoms with Crippen molar-refractivity contribution in [1.82, 2.24) is 15.2 Å². The predicted octanol–water partition coefficient (Wildman–Crippen LogP) is 5.91. The summed E-state index contributed by atoms with van der Waals surface area (Å²) in [6.07, 6.45) is 15.6. The monoisotopic (exact) mass is 361 g/mol. The summed E-state index contributed by atoms with van der Waals surface area (Å²) in [5.74, 6) is 0. The van der Waals surface area contributed by atoms with Crippen LogP contribution in [0, 0.1) is 6.92 Å². The van der Waals surface area contributed by atoms with E-state index in [1.54, 1.807) is 0 Å². The molecule has 1 aliphatic rings. The zero-order valence-corrected chi connectivity index (χ0v) is 15.6. The molecule has 0 aromatic carbocycles. The smallest absolute Gasteiger partial charge is 0.0912 e. The lowest BCUT2D eigenvalue weighted by Gasteiger charge is -2.09. The summed E-state index contributed by atoms with van der Waals surface area (Å²) in [7, 11) is 0. The number of aryl methyl sites for hydroxylation is 1. The maximum absolute atomic E-state index is 6.34. The molecule has 0 aliphatic heterocycles. The summed E-state index contributed by atoms with van der Waals surface area (Å²) in [6, 6.07) is 5.94. The first kappa shape index (κ1) is 17.9. The Morgan fingerprint density at radius 2 is 2.08 bits per heavy atom. The lowest BCUT2D eigenvalue weighted by atomic mass is 9.98. The summed E-state index contributed by atoms with van der Waals surface area (Å²) in [6.45, 7) is 8.04. The number of nitrogens with zero attached hydrogens (tertiary/aromatic N) is 2. The molecule has 0 spiro atoms. The summed E-state index contributed by atoms with van der Waals surface area (Å²) >= 11 is 6.34. The van der Waals surface area contributed by atoms with E-state index in [4.69, 9.17) is 11.6 Å². The molecule has 3 rings (SSSR count). The molecular formula is C22H20ClN3. The molecule has 2 heterocycles. The van der Waals surface area contributed by atoms with E-state index < -0.39 is 0 Å². The fraction of sp³-hybridized carbons (Fsp3) is 0.0909. The van der Waals surface area contributed by atoms with Gasteiger partial charge in [0, 0.05) is 16.3 Å². The molecule has 26 heavy (non-hydrogen) atoms. The Bertz CT molecular complexity index is 984. The third-order valence-corrected chi connectivity index (χ3v) is 4.34. The molecule has 2 aromatic rings. The highest BCUT2D eigenvalue weighted by Crippen LogP contribution is 2.29. The van der Waals surface area contributed by atoms with E-state index in [1.807, 2.05) is 80.8 Å². The van der Waals surface area contributed by atoms with E-state index in [2.05, 4.69) is 21.8 Å². The topological polar surface area (TPSA) is 41.6 Å². The Hall–Kier alpha value is -2.91. The maximum Gasteiger partial charge on any atom is 0.0912 e. The first-order valence-electron chi connectivity index (χ1n) is 8.36. The molecule has 0 bridgehead atoms. The fourth-order valence-electron chi connectivity index (χ4n) is 2.72. The van der Waals surface area contributed by atoms with Crippen LogP contribution in [-0.4, -0.2) is 15.2 Å². The van der Waals surface area contributed by atoms with Crippen molar-refractivity contribution in [3.05, 3.63) is 101 Å². The Morgan fingerprint density at radius 1 is 1.23 bits per heavy atom. The number of allylic oxidation sites excluding steroid dienone is 11. The van der Waals surface area contributed by atoms with Gasteiger partial charge in [-0.2, -0.15) is 5.10 Å². The molecule has 130 valence electrons. The molecule has 1 aliphatic carbocycles. The lowest BCUT2D eigenvalue weighted by molar-refractivity contribution is 1.08. The number of aromatic amines is 1. The second-order valence-corrected chi connectivity index (χ2v) is 6.33. The average molecular weight is 362 g/mol. The Morgan fingerprint density at radius 3 is 2.85 bits per heavy atom. The van der Waals surface area contributed by atoms with Gasteiger partial charge in [-0.05, 0) is 48.8 Å². The number of aromatic nitrogens is 3. The summed E-state index contributed by atoms with van der Waals surface area (Å²) in [4.78, 5) is 4.59. The van der Waals surface area contributed by atoms with Crippen molar-refractivity contribution in [2.24, 2.45) is 0 Å². The number of H-pyrrole nitrogens is 1. The summed E-state index contributed by atoms with van der Waals surface area (Å²) < 4.78 is 0. The van der Waals surface area contributed by atoms with Crippen molar-refractivity contribution in [3.63, 3.8) is 0 Å². The van der Waals surface area contributed by atoms with Crippen LogP contribution < -0.4 is 0 Å². The summed E-state index contributed by atoms with van der Waals surface area (Å²) in [5.41, 5.74) is 6.50. The molecule has 0 saturated heterocycles. The van der Waals surface area contributed by atoms with E-state index >= 15 is 0 Å². The predicted molar refractivity (Wildman–Crippen MR) is 110 cm³/mol. The zero-order valence-electron chi connectivity index (χ0n) is 14.8. The van der Waals surface area contributed by atoms with Crippen molar-refractivity contribution in [1.29, 1.82) is 0 Å². The minimum atomic E-state index is 0.670. The highest BCUT2D eigenvalue weighted by molar-refractivity contribution is 6.32. The largest absolute Gasteiger partial charge is 0.276 e. The molecule has 1 N–H and O–H groups in total. The molecular weight excluding hydrogens is 342 g/mol. The Labute approximate surface area is 158 Å². The first-order valence-corrected chi connectivity index (χ1v) is 8.74. The van der Waals surface area contributed by atoms with Crippen LogP contribution in [0.3, 0.4) is 0 Å². The number of rotatable bonds is 3. The minimum absolute atomic E-state index is 0.670. The molecule has 3 nitrogen and oxygen atoms in total. The van der Waals surface area contributed by atoms with Crippen LogP contribution >= 0.6 is 11.6 Å². The van der Waals surface area contributed by atoms with Gasteiger partial charge >= 0.3 is 0 Å². The van der Waals surface area contributed by atoms with Gasteiger partial charge in [0.05, 0.1) is 17.6 Å². The van der Waals surface area contributed by atoms with Gasteiger partial charge in [-0.1, -0.05) is 60.7 Å². The van der Waals surface area contributed by atoms with Gasteiger partial charge in [0.1, 0.15) is 0 Å². The number of halogens is 1. The van der Waals surface area contributed by atoms with Gasteiger partial charge in [-0.3, -0.25) is 10.1 Å². The second kappa shape index (κ2) is 7.98. The zero-order chi connectivity index (χ0) is 18.5. The van der Waals surface area contributed by atoms with Gasteiger partial charge < -0.3 is 0 Å². The van der Waals surface area contributed by atoms with Crippen LogP contribution in [0.1, 0.15) is 18.2 Å². The number of nitrogens with one attached hydrogen (secondary N) is 1. The summed E-state index contributed by atoms with van der Waals surface area (Å²) in [5, 5.41) is 7.95.